The van der Waals surface area contributed by atoms with Crippen LogP contribution in [0.15, 0.2) is 12.1 Å². The number of hydrogen-bond donors (Lipinski definition) is 1. The first-order valence-electron chi connectivity index (χ1n) is 4.68. The average Bonchev–Trinajstić information content (AvgIpc) is 2.08. The first kappa shape index (κ1) is 12.5. The number of nitrogens with one attached hydrogen (secondary N) is 1. The van der Waals surface area contributed by atoms with Gasteiger partial charge >= 0.3 is 0 Å². The molecule has 5 heteroatoms. The van der Waals surface area contributed by atoms with Crippen molar-refractivity contribution < 1.29 is 18.0 Å². The summed E-state index contributed by atoms with van der Waals surface area (Å²) in [5, 5.41) is 2.09. The fourth-order valence-electron chi connectivity index (χ4n) is 0.963. The molecule has 0 aromatic heterocycles. The molecule has 0 bridgehead atoms. The number of hydrogen-bond acceptors (Lipinski definition) is 1. The van der Waals surface area contributed by atoms with Crippen LogP contribution in [0.4, 0.5) is 18.9 Å². The number of carbonyl (C=O) groups is 1. The molecule has 0 heterocycles. The van der Waals surface area contributed by atoms with Gasteiger partial charge in [-0.1, -0.05) is 20.8 Å². The van der Waals surface area contributed by atoms with E-state index in [0.717, 1.165) is 0 Å². The molecule has 0 aliphatic rings. The number of rotatable bonds is 1. The molecule has 0 atom stereocenters. The van der Waals surface area contributed by atoms with Crippen LogP contribution in [0.3, 0.4) is 0 Å². The highest BCUT2D eigenvalue weighted by Crippen LogP contribution is 2.23. The zero-order chi connectivity index (χ0) is 12.5. The SMILES string of the molecule is CC(C)(C)C(=O)Nc1c(F)cc(F)cc1F. The van der Waals surface area contributed by atoms with Gasteiger partial charge in [0.1, 0.15) is 11.5 Å². The molecule has 0 unspecified atom stereocenters. The lowest BCUT2D eigenvalue weighted by Crippen LogP contribution is -2.28. The largest absolute Gasteiger partial charge is 0.321 e. The number of carbonyl (C=O) groups excluding carboxylic acids is 1. The highest BCUT2D eigenvalue weighted by molar-refractivity contribution is 5.94. The van der Waals surface area contributed by atoms with E-state index in [1.807, 2.05) is 0 Å². The lowest BCUT2D eigenvalue weighted by Gasteiger charge is -2.18. The summed E-state index contributed by atoms with van der Waals surface area (Å²) in [4.78, 5) is 11.5. The Hall–Kier alpha value is -1.52. The molecule has 88 valence electrons. The maximum absolute atomic E-state index is 13.2. The van der Waals surface area contributed by atoms with Crippen molar-refractivity contribution in [2.24, 2.45) is 5.41 Å². The first-order chi connectivity index (χ1) is 7.21. The molecule has 1 aromatic carbocycles. The highest BCUT2D eigenvalue weighted by Gasteiger charge is 2.24. The van der Waals surface area contributed by atoms with Gasteiger partial charge in [-0.3, -0.25) is 4.79 Å². The Balaban J connectivity index is 3.03. The van der Waals surface area contributed by atoms with Gasteiger partial charge in [0.2, 0.25) is 5.91 Å². The Morgan fingerprint density at radius 3 is 1.94 bits per heavy atom. The molecule has 0 saturated carbocycles. The third-order valence-electron chi connectivity index (χ3n) is 1.93. The molecular formula is C11H12F3NO. The molecule has 0 saturated heterocycles. The van der Waals surface area contributed by atoms with Gasteiger partial charge in [-0.25, -0.2) is 13.2 Å². The van der Waals surface area contributed by atoms with Gasteiger partial charge in [0, 0.05) is 17.5 Å². The molecule has 1 rings (SSSR count). The molecule has 0 spiro atoms. The highest BCUT2D eigenvalue weighted by atomic mass is 19.1. The van der Waals surface area contributed by atoms with Gasteiger partial charge in [-0.2, -0.15) is 0 Å². The minimum Gasteiger partial charge on any atom is -0.321 e. The van der Waals surface area contributed by atoms with Gasteiger partial charge in [0.15, 0.2) is 11.6 Å². The summed E-state index contributed by atoms with van der Waals surface area (Å²) in [5.41, 5.74) is -1.41. The van der Waals surface area contributed by atoms with Crippen LogP contribution in [-0.4, -0.2) is 5.91 Å². The number of amides is 1. The van der Waals surface area contributed by atoms with Gasteiger partial charge in [-0.05, 0) is 0 Å². The van der Waals surface area contributed by atoms with Crippen LogP contribution in [0.5, 0.6) is 0 Å². The summed E-state index contributed by atoms with van der Waals surface area (Å²) in [7, 11) is 0. The summed E-state index contributed by atoms with van der Waals surface area (Å²) < 4.78 is 38.9. The monoisotopic (exact) mass is 231 g/mol. The van der Waals surface area contributed by atoms with Crippen LogP contribution >= 0.6 is 0 Å². The molecule has 2 nitrogen and oxygen atoms in total. The van der Waals surface area contributed by atoms with E-state index in [9.17, 15) is 18.0 Å². The van der Waals surface area contributed by atoms with Gasteiger partial charge < -0.3 is 5.32 Å². The lowest BCUT2D eigenvalue weighted by molar-refractivity contribution is -0.123. The van der Waals surface area contributed by atoms with E-state index >= 15 is 0 Å². The first-order valence-corrected chi connectivity index (χ1v) is 4.68. The van der Waals surface area contributed by atoms with Gasteiger partial charge in [0.05, 0.1) is 0 Å². The molecule has 1 N–H and O–H groups in total. The lowest BCUT2D eigenvalue weighted by atomic mass is 9.95. The van der Waals surface area contributed by atoms with Crippen molar-refractivity contribution >= 4 is 11.6 Å². The molecule has 0 fully saturated rings. The molecule has 0 radical (unpaired) electrons. The normalized spacial score (nSPS) is 11.4. The van der Waals surface area contributed by atoms with E-state index in [0.29, 0.717) is 12.1 Å². The van der Waals surface area contributed by atoms with E-state index in [-0.39, 0.29) is 0 Å². The van der Waals surface area contributed by atoms with Crippen molar-refractivity contribution in [3.8, 4) is 0 Å². The standard InChI is InChI=1S/C11H12F3NO/c1-11(2,3)10(16)15-9-7(13)4-6(12)5-8(9)14/h4-5H,1-3H3,(H,15,16). The molecule has 1 amide bonds. The summed E-state index contributed by atoms with van der Waals surface area (Å²) >= 11 is 0. The van der Waals surface area contributed by atoms with Crippen LogP contribution in [0.25, 0.3) is 0 Å². The number of halogens is 3. The molecule has 16 heavy (non-hydrogen) atoms. The fourth-order valence-corrected chi connectivity index (χ4v) is 0.963. The summed E-state index contributed by atoms with van der Waals surface area (Å²) in [5.74, 6) is -3.83. The second-order valence-corrected chi connectivity index (χ2v) is 4.45. The zero-order valence-corrected chi connectivity index (χ0v) is 9.20. The van der Waals surface area contributed by atoms with E-state index in [2.05, 4.69) is 5.32 Å². The van der Waals surface area contributed by atoms with Crippen molar-refractivity contribution in [1.82, 2.24) is 0 Å². The van der Waals surface area contributed by atoms with Crippen molar-refractivity contribution in [3.05, 3.63) is 29.6 Å². The predicted octanol–water partition coefficient (Wildman–Crippen LogP) is 3.09. The Bertz CT molecular complexity index is 401. The number of benzene rings is 1. The minimum absolute atomic E-state index is 0.515. The molecule has 0 aliphatic carbocycles. The van der Waals surface area contributed by atoms with Crippen LogP contribution in [0.2, 0.25) is 0 Å². The Labute approximate surface area is 91.5 Å². The van der Waals surface area contributed by atoms with E-state index in [4.69, 9.17) is 0 Å². The number of anilines is 1. The average molecular weight is 231 g/mol. The molecular weight excluding hydrogens is 219 g/mol. The van der Waals surface area contributed by atoms with Crippen molar-refractivity contribution in [2.75, 3.05) is 5.32 Å². The van der Waals surface area contributed by atoms with Gasteiger partial charge in [-0.15, -0.1) is 0 Å². The zero-order valence-electron chi connectivity index (χ0n) is 9.20. The van der Waals surface area contributed by atoms with E-state index in [1.54, 1.807) is 20.8 Å². The van der Waals surface area contributed by atoms with E-state index < -0.39 is 34.5 Å². The maximum atomic E-state index is 13.2. The third kappa shape index (κ3) is 2.74. The van der Waals surface area contributed by atoms with E-state index in [1.165, 1.54) is 0 Å². The van der Waals surface area contributed by atoms with Crippen LogP contribution in [0.1, 0.15) is 20.8 Å². The van der Waals surface area contributed by atoms with Crippen molar-refractivity contribution in [1.29, 1.82) is 0 Å². The van der Waals surface area contributed by atoms with Crippen molar-refractivity contribution in [3.63, 3.8) is 0 Å². The van der Waals surface area contributed by atoms with Gasteiger partial charge in [0.25, 0.3) is 0 Å². The summed E-state index contributed by atoms with van der Waals surface area (Å²) in [6.07, 6.45) is 0. The second-order valence-electron chi connectivity index (χ2n) is 4.45. The Morgan fingerprint density at radius 2 is 1.56 bits per heavy atom. The van der Waals surface area contributed by atoms with Crippen molar-refractivity contribution in [2.45, 2.75) is 20.8 Å². The second kappa shape index (κ2) is 4.15. The maximum Gasteiger partial charge on any atom is 0.229 e. The summed E-state index contributed by atoms with van der Waals surface area (Å²) in [6, 6.07) is 1.03. The Morgan fingerprint density at radius 1 is 1.12 bits per heavy atom. The van der Waals surface area contributed by atoms with Crippen LogP contribution < -0.4 is 5.32 Å². The molecule has 0 aliphatic heterocycles. The topological polar surface area (TPSA) is 29.1 Å². The quantitative estimate of drug-likeness (QED) is 0.790. The Kier molecular flexibility index (Phi) is 3.26. The fraction of sp³-hybridized carbons (Fsp3) is 0.364. The summed E-state index contributed by atoms with van der Waals surface area (Å²) in [6.45, 7) is 4.80. The third-order valence-corrected chi connectivity index (χ3v) is 1.93. The molecule has 1 aromatic rings. The van der Waals surface area contributed by atoms with Crippen LogP contribution in [0, 0.1) is 22.9 Å². The predicted molar refractivity (Wildman–Crippen MR) is 54.4 cm³/mol. The minimum atomic E-state index is -1.13. The van der Waals surface area contributed by atoms with Crippen LogP contribution in [-0.2, 0) is 4.79 Å². The smallest absolute Gasteiger partial charge is 0.229 e.